The van der Waals surface area contributed by atoms with Crippen molar-refractivity contribution < 1.29 is 9.13 Å². The molecular weight excluding hydrogens is 516 g/mol. The molecule has 0 aliphatic rings. The van der Waals surface area contributed by atoms with Crippen LogP contribution in [-0.2, 0) is 13.0 Å². The van der Waals surface area contributed by atoms with Crippen molar-refractivity contribution in [2.75, 3.05) is 13.1 Å². The molecule has 2 N–H and O–H groups in total. The average Bonchev–Trinajstić information content (AvgIpc) is 3.12. The number of nitrogens with one attached hydrogen (secondary N) is 2. The standard InChI is InChI=1S/C21H24FN5OS.HI/c1-3-23-21(24-10-9-20-26-12-15(2)29-20)27-14-16-7-8-19(25-13-16)28-18-6-4-5-17(22)11-18;/h4-8,11-13H,3,9-10,14H2,1-2H3,(H2,23,24,27);1H. The molecule has 0 aliphatic heterocycles. The Labute approximate surface area is 197 Å². The smallest absolute Gasteiger partial charge is 0.219 e. The van der Waals surface area contributed by atoms with Crippen molar-refractivity contribution in [3.63, 3.8) is 0 Å². The summed E-state index contributed by atoms with van der Waals surface area (Å²) in [4.78, 5) is 14.5. The molecule has 0 amide bonds. The molecular formula is C21H25FIN5OS. The predicted octanol–water partition coefficient (Wildman–Crippen LogP) is 4.69. The van der Waals surface area contributed by atoms with Crippen molar-refractivity contribution >= 4 is 41.3 Å². The Morgan fingerprint density at radius 2 is 2.03 bits per heavy atom. The summed E-state index contributed by atoms with van der Waals surface area (Å²) >= 11 is 1.71. The van der Waals surface area contributed by atoms with Gasteiger partial charge in [-0.1, -0.05) is 12.1 Å². The molecule has 0 saturated heterocycles. The summed E-state index contributed by atoms with van der Waals surface area (Å²) in [7, 11) is 0. The van der Waals surface area contributed by atoms with E-state index in [1.807, 2.05) is 19.2 Å². The molecule has 2 aromatic heterocycles. The Hall–Kier alpha value is -2.27. The van der Waals surface area contributed by atoms with Crippen LogP contribution in [0.25, 0.3) is 0 Å². The normalized spacial score (nSPS) is 11.0. The molecule has 0 atom stereocenters. The van der Waals surface area contributed by atoms with E-state index >= 15 is 0 Å². The van der Waals surface area contributed by atoms with Gasteiger partial charge in [0.1, 0.15) is 11.6 Å². The van der Waals surface area contributed by atoms with Gasteiger partial charge in [0.2, 0.25) is 5.88 Å². The molecule has 0 saturated carbocycles. The third-order valence-corrected chi connectivity index (χ3v) is 4.85. The third-order valence-electron chi connectivity index (χ3n) is 3.88. The van der Waals surface area contributed by atoms with Gasteiger partial charge in [0.05, 0.1) is 11.6 Å². The Balaban J connectivity index is 0.00000320. The van der Waals surface area contributed by atoms with Crippen LogP contribution >= 0.6 is 35.3 Å². The lowest BCUT2D eigenvalue weighted by atomic mass is 10.3. The van der Waals surface area contributed by atoms with Crippen LogP contribution in [0.3, 0.4) is 0 Å². The van der Waals surface area contributed by atoms with Gasteiger partial charge < -0.3 is 15.4 Å². The fourth-order valence-corrected chi connectivity index (χ4v) is 3.32. The third kappa shape index (κ3) is 7.86. The summed E-state index contributed by atoms with van der Waals surface area (Å²) in [5.74, 6) is 1.23. The van der Waals surface area contributed by atoms with E-state index in [2.05, 4.69) is 32.5 Å². The van der Waals surface area contributed by atoms with Gasteiger partial charge in [-0.3, -0.25) is 0 Å². The summed E-state index contributed by atoms with van der Waals surface area (Å²) < 4.78 is 18.8. The van der Waals surface area contributed by atoms with Crippen molar-refractivity contribution in [1.82, 2.24) is 20.6 Å². The van der Waals surface area contributed by atoms with E-state index in [1.54, 1.807) is 35.7 Å². The van der Waals surface area contributed by atoms with Gasteiger partial charge in [-0.2, -0.15) is 0 Å². The number of aromatic nitrogens is 2. The molecule has 1 aromatic carbocycles. The number of guanidine groups is 1. The molecule has 3 aromatic rings. The number of ether oxygens (including phenoxy) is 1. The lowest BCUT2D eigenvalue weighted by molar-refractivity contribution is 0.457. The maximum absolute atomic E-state index is 13.2. The average molecular weight is 541 g/mol. The Morgan fingerprint density at radius 3 is 2.70 bits per heavy atom. The van der Waals surface area contributed by atoms with Crippen molar-refractivity contribution in [3.05, 3.63) is 70.1 Å². The van der Waals surface area contributed by atoms with Gasteiger partial charge >= 0.3 is 0 Å². The monoisotopic (exact) mass is 541 g/mol. The number of aryl methyl sites for hydroxylation is 1. The Morgan fingerprint density at radius 1 is 1.17 bits per heavy atom. The zero-order valence-corrected chi connectivity index (χ0v) is 20.0. The maximum Gasteiger partial charge on any atom is 0.219 e. The highest BCUT2D eigenvalue weighted by Gasteiger charge is 2.03. The zero-order valence-electron chi connectivity index (χ0n) is 16.9. The van der Waals surface area contributed by atoms with Gasteiger partial charge in [0.25, 0.3) is 0 Å². The summed E-state index contributed by atoms with van der Waals surface area (Å²) in [6.45, 7) is 6.11. The quantitative estimate of drug-likeness (QED) is 0.246. The molecule has 6 nitrogen and oxygen atoms in total. The Kier molecular flexibility index (Phi) is 9.95. The van der Waals surface area contributed by atoms with Crippen LogP contribution in [0.1, 0.15) is 22.4 Å². The van der Waals surface area contributed by atoms with Crippen molar-refractivity contribution in [3.8, 4) is 11.6 Å². The van der Waals surface area contributed by atoms with Gasteiger partial charge in [0, 0.05) is 48.9 Å². The predicted molar refractivity (Wildman–Crippen MR) is 129 cm³/mol. The number of benzene rings is 1. The van der Waals surface area contributed by atoms with E-state index in [0.29, 0.717) is 18.2 Å². The van der Waals surface area contributed by atoms with Crippen LogP contribution in [0.4, 0.5) is 4.39 Å². The lowest BCUT2D eigenvalue weighted by Crippen LogP contribution is -2.38. The number of hydrogen-bond acceptors (Lipinski definition) is 5. The van der Waals surface area contributed by atoms with Gasteiger partial charge in [-0.05, 0) is 31.5 Å². The number of pyridine rings is 1. The SMILES string of the molecule is CCNC(=NCc1ccc(Oc2cccc(F)c2)nc1)NCCc1ncc(C)s1.I. The number of rotatable bonds is 8. The molecule has 2 heterocycles. The number of hydrogen-bond donors (Lipinski definition) is 2. The largest absolute Gasteiger partial charge is 0.439 e. The summed E-state index contributed by atoms with van der Waals surface area (Å²) in [6, 6.07) is 9.62. The maximum atomic E-state index is 13.2. The van der Waals surface area contributed by atoms with Crippen LogP contribution in [-0.4, -0.2) is 29.0 Å². The highest BCUT2D eigenvalue weighted by atomic mass is 127. The fourth-order valence-electron chi connectivity index (χ4n) is 2.53. The first-order valence-corrected chi connectivity index (χ1v) is 10.3. The van der Waals surface area contributed by atoms with Crippen LogP contribution in [0, 0.1) is 12.7 Å². The second-order valence-corrected chi connectivity index (χ2v) is 7.62. The molecule has 0 spiro atoms. The van der Waals surface area contributed by atoms with Crippen molar-refractivity contribution in [1.29, 1.82) is 0 Å². The summed E-state index contributed by atoms with van der Waals surface area (Å²) in [5.41, 5.74) is 0.948. The van der Waals surface area contributed by atoms with E-state index in [1.165, 1.54) is 17.0 Å². The van der Waals surface area contributed by atoms with E-state index < -0.39 is 0 Å². The first kappa shape index (κ1) is 24.0. The van der Waals surface area contributed by atoms with Crippen LogP contribution in [0.5, 0.6) is 11.6 Å². The summed E-state index contributed by atoms with van der Waals surface area (Å²) in [6.07, 6.45) is 4.46. The fraction of sp³-hybridized carbons (Fsp3) is 0.286. The van der Waals surface area contributed by atoms with Gasteiger partial charge in [-0.15, -0.1) is 35.3 Å². The Bertz CT molecular complexity index is 949. The van der Waals surface area contributed by atoms with Crippen LogP contribution in [0.2, 0.25) is 0 Å². The minimum Gasteiger partial charge on any atom is -0.439 e. The lowest BCUT2D eigenvalue weighted by Gasteiger charge is -2.10. The first-order valence-electron chi connectivity index (χ1n) is 9.44. The highest BCUT2D eigenvalue weighted by molar-refractivity contribution is 14.0. The van der Waals surface area contributed by atoms with Crippen molar-refractivity contribution in [2.24, 2.45) is 4.99 Å². The summed E-state index contributed by atoms with van der Waals surface area (Å²) in [5, 5.41) is 7.67. The molecule has 9 heteroatoms. The number of nitrogens with zero attached hydrogens (tertiary/aromatic N) is 3. The molecule has 0 fully saturated rings. The molecule has 3 rings (SSSR count). The minimum atomic E-state index is -0.345. The molecule has 160 valence electrons. The molecule has 0 radical (unpaired) electrons. The minimum absolute atomic E-state index is 0. The number of halogens is 2. The van der Waals surface area contributed by atoms with Gasteiger partial charge in [0.15, 0.2) is 5.96 Å². The number of aliphatic imine (C=N–C) groups is 1. The second-order valence-electron chi connectivity index (χ2n) is 6.30. The molecule has 0 unspecified atom stereocenters. The topological polar surface area (TPSA) is 71.4 Å². The van der Waals surface area contributed by atoms with Crippen LogP contribution in [0.15, 0.2) is 53.8 Å². The first-order chi connectivity index (χ1) is 14.1. The van der Waals surface area contributed by atoms with E-state index in [-0.39, 0.29) is 29.8 Å². The molecule has 0 aliphatic carbocycles. The number of thiazole rings is 1. The zero-order chi connectivity index (χ0) is 20.5. The van der Waals surface area contributed by atoms with E-state index in [0.717, 1.165) is 36.0 Å². The van der Waals surface area contributed by atoms with Crippen molar-refractivity contribution in [2.45, 2.75) is 26.8 Å². The molecule has 30 heavy (non-hydrogen) atoms. The van der Waals surface area contributed by atoms with E-state index in [9.17, 15) is 4.39 Å². The molecule has 0 bridgehead atoms. The highest BCUT2D eigenvalue weighted by Crippen LogP contribution is 2.20. The van der Waals surface area contributed by atoms with E-state index in [4.69, 9.17) is 4.74 Å². The van der Waals surface area contributed by atoms with Crippen LogP contribution < -0.4 is 15.4 Å². The van der Waals surface area contributed by atoms with Gasteiger partial charge in [-0.25, -0.2) is 19.4 Å². The second kappa shape index (κ2) is 12.4.